The van der Waals surface area contributed by atoms with Crippen LogP contribution >= 0.6 is 0 Å². The molecule has 1 atom stereocenters. The number of hydrogen-bond donors (Lipinski definition) is 2. The average Bonchev–Trinajstić information content (AvgIpc) is 2.97. The minimum Gasteiger partial charge on any atom is -0.497 e. The van der Waals surface area contributed by atoms with Crippen molar-refractivity contribution in [1.29, 1.82) is 0 Å². The summed E-state index contributed by atoms with van der Waals surface area (Å²) >= 11 is 0. The van der Waals surface area contributed by atoms with E-state index in [1.807, 2.05) is 55.5 Å². The quantitative estimate of drug-likeness (QED) is 0.900. The number of carbonyl (C=O) groups excluding carboxylic acids is 2. The number of aryl methyl sites for hydroxylation is 1. The average molecular weight is 339 g/mol. The predicted molar refractivity (Wildman–Crippen MR) is 97.1 cm³/mol. The van der Waals surface area contributed by atoms with E-state index in [2.05, 4.69) is 10.6 Å². The van der Waals surface area contributed by atoms with Crippen LogP contribution in [-0.2, 0) is 4.79 Å². The number of nitrogens with one attached hydrogen (secondary N) is 2. The summed E-state index contributed by atoms with van der Waals surface area (Å²) in [7, 11) is 1.59. The molecule has 1 heterocycles. The molecule has 0 saturated carbocycles. The van der Waals surface area contributed by atoms with Gasteiger partial charge in [-0.3, -0.25) is 4.79 Å². The zero-order valence-electron chi connectivity index (χ0n) is 14.3. The number of methoxy groups -OCH3 is 1. The minimum atomic E-state index is -0.311. The molecule has 1 aliphatic heterocycles. The van der Waals surface area contributed by atoms with Crippen LogP contribution in [0.3, 0.4) is 0 Å². The van der Waals surface area contributed by atoms with E-state index < -0.39 is 0 Å². The van der Waals surface area contributed by atoms with Crippen LogP contribution in [0.25, 0.3) is 0 Å². The first-order valence-electron chi connectivity index (χ1n) is 8.14. The molecule has 0 unspecified atom stereocenters. The van der Waals surface area contributed by atoms with Gasteiger partial charge in [0.05, 0.1) is 13.2 Å². The van der Waals surface area contributed by atoms with E-state index in [9.17, 15) is 9.59 Å². The summed E-state index contributed by atoms with van der Waals surface area (Å²) < 4.78 is 5.20. The van der Waals surface area contributed by atoms with Crippen molar-refractivity contribution in [3.8, 4) is 5.75 Å². The normalized spacial score (nSPS) is 16.6. The molecule has 6 nitrogen and oxygen atoms in total. The lowest BCUT2D eigenvalue weighted by atomic mass is 10.2. The van der Waals surface area contributed by atoms with Crippen LogP contribution in [0.4, 0.5) is 16.2 Å². The first kappa shape index (κ1) is 16.8. The second kappa shape index (κ2) is 7.25. The van der Waals surface area contributed by atoms with Gasteiger partial charge in [-0.2, -0.15) is 0 Å². The Morgan fingerprint density at radius 3 is 2.68 bits per heavy atom. The van der Waals surface area contributed by atoms with E-state index in [-0.39, 0.29) is 24.4 Å². The maximum atomic E-state index is 12.3. The molecule has 0 bridgehead atoms. The van der Waals surface area contributed by atoms with Gasteiger partial charge in [-0.05, 0) is 31.2 Å². The van der Waals surface area contributed by atoms with Gasteiger partial charge < -0.3 is 20.3 Å². The van der Waals surface area contributed by atoms with Crippen molar-refractivity contribution < 1.29 is 14.3 Å². The van der Waals surface area contributed by atoms with Gasteiger partial charge in [-0.1, -0.05) is 23.8 Å². The highest BCUT2D eigenvalue weighted by atomic mass is 16.5. The van der Waals surface area contributed by atoms with Crippen molar-refractivity contribution >= 4 is 23.3 Å². The standard InChI is InChI=1S/C19H21N3O3/c1-13-6-8-14(9-7-13)20-19(24)21-15-10-18(23)22(12-15)16-4-3-5-17(11-16)25-2/h3-9,11,15H,10,12H2,1-2H3,(H2,20,21,24)/t15-/m0/s1. The molecule has 3 amide bonds. The summed E-state index contributed by atoms with van der Waals surface area (Å²) in [5.74, 6) is 0.674. The molecule has 1 saturated heterocycles. The fourth-order valence-corrected chi connectivity index (χ4v) is 2.82. The van der Waals surface area contributed by atoms with Crippen molar-refractivity contribution in [2.45, 2.75) is 19.4 Å². The summed E-state index contributed by atoms with van der Waals surface area (Å²) in [5.41, 5.74) is 2.62. The monoisotopic (exact) mass is 339 g/mol. The van der Waals surface area contributed by atoms with E-state index in [4.69, 9.17) is 4.74 Å². The van der Waals surface area contributed by atoms with Crippen LogP contribution in [0.1, 0.15) is 12.0 Å². The summed E-state index contributed by atoms with van der Waals surface area (Å²) in [6, 6.07) is 14.3. The lowest BCUT2D eigenvalue weighted by Gasteiger charge is -2.18. The Labute approximate surface area is 146 Å². The molecule has 2 aromatic carbocycles. The summed E-state index contributed by atoms with van der Waals surface area (Å²) in [5, 5.41) is 5.64. The third kappa shape index (κ3) is 4.09. The molecule has 2 aromatic rings. The van der Waals surface area contributed by atoms with Crippen LogP contribution in [0.15, 0.2) is 48.5 Å². The highest BCUT2D eigenvalue weighted by Crippen LogP contribution is 2.25. The van der Waals surface area contributed by atoms with Crippen LogP contribution < -0.4 is 20.3 Å². The van der Waals surface area contributed by atoms with Gasteiger partial charge in [0.15, 0.2) is 0 Å². The first-order chi connectivity index (χ1) is 12.0. The SMILES string of the molecule is COc1cccc(N2C[C@@H](NC(=O)Nc3ccc(C)cc3)CC2=O)c1. The van der Waals surface area contributed by atoms with Gasteiger partial charge in [0, 0.05) is 30.4 Å². The maximum Gasteiger partial charge on any atom is 0.319 e. The van der Waals surface area contributed by atoms with E-state index in [1.165, 1.54) is 0 Å². The van der Waals surface area contributed by atoms with Crippen molar-refractivity contribution in [1.82, 2.24) is 5.32 Å². The van der Waals surface area contributed by atoms with Gasteiger partial charge >= 0.3 is 6.03 Å². The zero-order chi connectivity index (χ0) is 17.8. The summed E-state index contributed by atoms with van der Waals surface area (Å²) in [6.45, 7) is 2.43. The number of carbonyl (C=O) groups is 2. The number of hydrogen-bond acceptors (Lipinski definition) is 3. The Bertz CT molecular complexity index is 774. The van der Waals surface area contributed by atoms with Gasteiger partial charge in [-0.15, -0.1) is 0 Å². The van der Waals surface area contributed by atoms with Gasteiger partial charge in [0.1, 0.15) is 5.75 Å². The predicted octanol–water partition coefficient (Wildman–Crippen LogP) is 2.93. The van der Waals surface area contributed by atoms with Crippen LogP contribution in [0, 0.1) is 6.92 Å². The van der Waals surface area contributed by atoms with Crippen LogP contribution in [0.5, 0.6) is 5.75 Å². The molecule has 1 fully saturated rings. The molecule has 3 rings (SSSR count). The molecule has 2 N–H and O–H groups in total. The molecular formula is C19H21N3O3. The Kier molecular flexibility index (Phi) is 4.88. The van der Waals surface area contributed by atoms with E-state index >= 15 is 0 Å². The molecule has 6 heteroatoms. The Morgan fingerprint density at radius 1 is 1.20 bits per heavy atom. The van der Waals surface area contributed by atoms with Crippen molar-refractivity contribution in [2.75, 3.05) is 23.9 Å². The Balaban J connectivity index is 1.60. The number of nitrogens with zero attached hydrogens (tertiary/aromatic N) is 1. The van der Waals surface area contributed by atoms with Crippen molar-refractivity contribution in [2.24, 2.45) is 0 Å². The Morgan fingerprint density at radius 2 is 1.96 bits per heavy atom. The van der Waals surface area contributed by atoms with Gasteiger partial charge in [-0.25, -0.2) is 4.79 Å². The minimum absolute atomic E-state index is 0.0195. The second-order valence-electron chi connectivity index (χ2n) is 6.07. The van der Waals surface area contributed by atoms with E-state index in [1.54, 1.807) is 12.0 Å². The fraction of sp³-hybridized carbons (Fsp3) is 0.263. The lowest BCUT2D eigenvalue weighted by Crippen LogP contribution is -2.39. The molecule has 0 aromatic heterocycles. The topological polar surface area (TPSA) is 70.7 Å². The van der Waals surface area contributed by atoms with Crippen molar-refractivity contribution in [3.05, 3.63) is 54.1 Å². The zero-order valence-corrected chi connectivity index (χ0v) is 14.3. The number of rotatable bonds is 4. The molecule has 0 spiro atoms. The molecule has 0 radical (unpaired) electrons. The highest BCUT2D eigenvalue weighted by molar-refractivity contribution is 5.97. The highest BCUT2D eigenvalue weighted by Gasteiger charge is 2.31. The number of ether oxygens (including phenoxy) is 1. The first-order valence-corrected chi connectivity index (χ1v) is 8.14. The van der Waals surface area contributed by atoms with Gasteiger partial charge in [0.2, 0.25) is 5.91 Å². The van der Waals surface area contributed by atoms with E-state index in [0.29, 0.717) is 12.3 Å². The van der Waals surface area contributed by atoms with Crippen LogP contribution in [0.2, 0.25) is 0 Å². The second-order valence-corrected chi connectivity index (χ2v) is 6.07. The summed E-state index contributed by atoms with van der Waals surface area (Å²) in [4.78, 5) is 26.1. The van der Waals surface area contributed by atoms with Crippen LogP contribution in [-0.4, -0.2) is 31.6 Å². The Hall–Kier alpha value is -3.02. The largest absolute Gasteiger partial charge is 0.497 e. The van der Waals surface area contributed by atoms with Crippen molar-refractivity contribution in [3.63, 3.8) is 0 Å². The number of amides is 3. The molecular weight excluding hydrogens is 318 g/mol. The third-order valence-electron chi connectivity index (χ3n) is 4.13. The number of urea groups is 1. The number of benzene rings is 2. The van der Waals surface area contributed by atoms with Gasteiger partial charge in [0.25, 0.3) is 0 Å². The third-order valence-corrected chi connectivity index (χ3v) is 4.13. The summed E-state index contributed by atoms with van der Waals surface area (Å²) in [6.07, 6.45) is 0.276. The molecule has 25 heavy (non-hydrogen) atoms. The fourth-order valence-electron chi connectivity index (χ4n) is 2.82. The smallest absolute Gasteiger partial charge is 0.319 e. The molecule has 0 aliphatic carbocycles. The lowest BCUT2D eigenvalue weighted by molar-refractivity contribution is -0.117. The molecule has 1 aliphatic rings. The number of anilines is 2. The van der Waals surface area contributed by atoms with E-state index in [0.717, 1.165) is 16.9 Å². The molecule has 130 valence electrons. The maximum absolute atomic E-state index is 12.3.